The number of likely N-dealkylation sites (tertiary alicyclic amines) is 1. The molecule has 3 aliphatic rings. The highest BCUT2D eigenvalue weighted by Crippen LogP contribution is 2.28. The third-order valence-electron chi connectivity index (χ3n) is 6.07. The van der Waals surface area contributed by atoms with Crippen LogP contribution in [-0.4, -0.2) is 65.1 Å². The van der Waals surface area contributed by atoms with Gasteiger partial charge in [-0.2, -0.15) is 0 Å². The summed E-state index contributed by atoms with van der Waals surface area (Å²) in [6.07, 6.45) is 4.85. The van der Waals surface area contributed by atoms with Crippen LogP contribution in [0.2, 0.25) is 0 Å². The molecule has 3 aliphatic heterocycles. The maximum Gasteiger partial charge on any atom is 0.317 e. The number of carbonyl (C=O) groups excluding carboxylic acids is 5. The number of amides is 6. The van der Waals surface area contributed by atoms with Gasteiger partial charge in [-0.25, -0.2) is 4.79 Å². The molecule has 9 nitrogen and oxygen atoms in total. The third kappa shape index (κ3) is 4.30. The smallest absolute Gasteiger partial charge is 0.317 e. The number of urea groups is 1. The first kappa shape index (κ1) is 21.0. The van der Waals surface area contributed by atoms with E-state index in [1.807, 2.05) is 4.90 Å². The molecule has 1 atom stereocenters. The molecule has 0 spiro atoms. The van der Waals surface area contributed by atoms with Crippen molar-refractivity contribution < 1.29 is 24.0 Å². The molecule has 1 aromatic rings. The number of aryl methyl sites for hydroxylation is 1. The van der Waals surface area contributed by atoms with Gasteiger partial charge in [0, 0.05) is 26.1 Å². The Morgan fingerprint density at radius 3 is 2.52 bits per heavy atom. The van der Waals surface area contributed by atoms with Crippen molar-refractivity contribution in [3.05, 3.63) is 34.9 Å². The lowest BCUT2D eigenvalue weighted by Crippen LogP contribution is -2.54. The lowest BCUT2D eigenvalue weighted by Gasteiger charge is -2.27. The van der Waals surface area contributed by atoms with Crippen LogP contribution in [0.4, 0.5) is 4.79 Å². The molecule has 1 aromatic carbocycles. The summed E-state index contributed by atoms with van der Waals surface area (Å²) in [5.41, 5.74) is 1.44. The largest absolute Gasteiger partial charge is 0.338 e. The molecule has 4 rings (SSSR count). The Balaban J connectivity index is 1.34. The minimum atomic E-state index is -0.960. The van der Waals surface area contributed by atoms with E-state index in [-0.39, 0.29) is 30.0 Å². The van der Waals surface area contributed by atoms with Crippen molar-refractivity contribution in [3.8, 4) is 0 Å². The van der Waals surface area contributed by atoms with Crippen molar-refractivity contribution in [2.45, 2.75) is 51.0 Å². The molecule has 1 unspecified atom stereocenters. The van der Waals surface area contributed by atoms with Gasteiger partial charge in [-0.05, 0) is 56.2 Å². The summed E-state index contributed by atoms with van der Waals surface area (Å²) in [4.78, 5) is 64.0. The predicted octanol–water partition coefficient (Wildman–Crippen LogP) is 1.22. The molecule has 2 fully saturated rings. The van der Waals surface area contributed by atoms with Crippen LogP contribution in [0.5, 0.6) is 0 Å². The van der Waals surface area contributed by atoms with Gasteiger partial charge >= 0.3 is 6.03 Å². The first-order valence-corrected chi connectivity index (χ1v) is 10.8. The van der Waals surface area contributed by atoms with E-state index in [1.165, 1.54) is 6.42 Å². The fourth-order valence-corrected chi connectivity index (χ4v) is 4.37. The molecule has 0 radical (unpaired) electrons. The monoisotopic (exact) mass is 426 g/mol. The molecule has 3 heterocycles. The van der Waals surface area contributed by atoms with E-state index in [2.05, 4.69) is 10.6 Å². The maximum atomic E-state index is 12.9. The van der Waals surface area contributed by atoms with Crippen molar-refractivity contribution in [2.75, 3.05) is 19.6 Å². The van der Waals surface area contributed by atoms with E-state index in [4.69, 9.17) is 0 Å². The predicted molar refractivity (Wildman–Crippen MR) is 110 cm³/mol. The number of hydrogen-bond acceptors (Lipinski definition) is 5. The second-order valence-corrected chi connectivity index (χ2v) is 8.21. The molecule has 31 heavy (non-hydrogen) atoms. The van der Waals surface area contributed by atoms with Crippen LogP contribution in [-0.2, 0) is 16.0 Å². The number of carbonyl (C=O) groups is 5. The quantitative estimate of drug-likeness (QED) is 0.542. The Labute approximate surface area is 180 Å². The highest BCUT2D eigenvalue weighted by Gasteiger charge is 2.44. The summed E-state index contributed by atoms with van der Waals surface area (Å²) < 4.78 is 0. The van der Waals surface area contributed by atoms with Gasteiger partial charge in [0.05, 0.1) is 11.1 Å². The van der Waals surface area contributed by atoms with Crippen LogP contribution in [0.15, 0.2) is 18.2 Å². The normalized spacial score (nSPS) is 21.2. The van der Waals surface area contributed by atoms with Gasteiger partial charge in [0.15, 0.2) is 0 Å². The second-order valence-electron chi connectivity index (χ2n) is 8.21. The minimum Gasteiger partial charge on any atom is -0.338 e. The topological polar surface area (TPSA) is 116 Å². The first-order valence-electron chi connectivity index (χ1n) is 10.8. The average molecular weight is 426 g/mol. The maximum absolute atomic E-state index is 12.9. The molecular weight excluding hydrogens is 400 g/mol. The van der Waals surface area contributed by atoms with E-state index >= 15 is 0 Å². The molecule has 0 aliphatic carbocycles. The highest BCUT2D eigenvalue weighted by molar-refractivity contribution is 6.23. The van der Waals surface area contributed by atoms with Crippen molar-refractivity contribution in [1.82, 2.24) is 20.4 Å². The zero-order chi connectivity index (χ0) is 22.0. The zero-order valence-electron chi connectivity index (χ0n) is 17.3. The summed E-state index contributed by atoms with van der Waals surface area (Å²) in [5, 5.41) is 5.13. The molecule has 0 bridgehead atoms. The molecule has 2 saturated heterocycles. The molecule has 164 valence electrons. The average Bonchev–Trinajstić information content (AvgIpc) is 3.02. The number of hydrogen-bond donors (Lipinski definition) is 2. The molecular formula is C22H26N4O5. The molecule has 0 aromatic heterocycles. The number of nitrogens with one attached hydrogen (secondary N) is 2. The highest BCUT2D eigenvalue weighted by atomic mass is 16.2. The third-order valence-corrected chi connectivity index (χ3v) is 6.07. The van der Waals surface area contributed by atoms with E-state index in [0.29, 0.717) is 19.4 Å². The molecule has 9 heteroatoms. The number of benzene rings is 1. The van der Waals surface area contributed by atoms with Crippen molar-refractivity contribution in [3.63, 3.8) is 0 Å². The fraction of sp³-hybridized carbons (Fsp3) is 0.500. The lowest BCUT2D eigenvalue weighted by atomic mass is 10.0. The van der Waals surface area contributed by atoms with Crippen LogP contribution in [0.1, 0.15) is 64.8 Å². The Hall–Kier alpha value is -3.23. The Kier molecular flexibility index (Phi) is 6.01. The molecule has 6 amide bonds. The number of nitrogens with zero attached hydrogens (tertiary/aromatic N) is 2. The van der Waals surface area contributed by atoms with Crippen LogP contribution in [0.25, 0.3) is 0 Å². The van der Waals surface area contributed by atoms with E-state index < -0.39 is 29.7 Å². The fourth-order valence-electron chi connectivity index (χ4n) is 4.37. The van der Waals surface area contributed by atoms with E-state index in [1.54, 1.807) is 18.2 Å². The SMILES string of the molecule is O=C1CCC(N2C(=O)c3ccc(CCCNC(=O)N4CCCCC4)cc3C2=O)C(=O)N1. The summed E-state index contributed by atoms with van der Waals surface area (Å²) in [6.45, 7) is 2.13. The number of fused-ring (bicyclic) bond motifs is 1. The van der Waals surface area contributed by atoms with Gasteiger partial charge < -0.3 is 10.2 Å². The van der Waals surface area contributed by atoms with Crippen molar-refractivity contribution in [1.29, 1.82) is 0 Å². The van der Waals surface area contributed by atoms with Gasteiger partial charge in [0.25, 0.3) is 11.8 Å². The molecule has 0 saturated carbocycles. The van der Waals surface area contributed by atoms with Gasteiger partial charge in [0.1, 0.15) is 6.04 Å². The van der Waals surface area contributed by atoms with Crippen molar-refractivity contribution >= 4 is 29.7 Å². The minimum absolute atomic E-state index is 0.0330. The summed E-state index contributed by atoms with van der Waals surface area (Å²) in [6, 6.07) is 4.11. The first-order chi connectivity index (χ1) is 15.0. The van der Waals surface area contributed by atoms with E-state index in [0.717, 1.165) is 36.4 Å². The van der Waals surface area contributed by atoms with Gasteiger partial charge in [-0.15, -0.1) is 0 Å². The van der Waals surface area contributed by atoms with Crippen LogP contribution >= 0.6 is 0 Å². The van der Waals surface area contributed by atoms with Gasteiger partial charge in [-0.1, -0.05) is 6.07 Å². The van der Waals surface area contributed by atoms with Gasteiger partial charge in [0.2, 0.25) is 11.8 Å². The zero-order valence-corrected chi connectivity index (χ0v) is 17.3. The Morgan fingerprint density at radius 1 is 1.03 bits per heavy atom. The summed E-state index contributed by atoms with van der Waals surface area (Å²) >= 11 is 0. The Bertz CT molecular complexity index is 938. The summed E-state index contributed by atoms with van der Waals surface area (Å²) in [7, 11) is 0. The number of rotatable bonds is 5. The van der Waals surface area contributed by atoms with E-state index in [9.17, 15) is 24.0 Å². The Morgan fingerprint density at radius 2 is 1.77 bits per heavy atom. The van der Waals surface area contributed by atoms with Crippen molar-refractivity contribution in [2.24, 2.45) is 0 Å². The lowest BCUT2D eigenvalue weighted by molar-refractivity contribution is -0.136. The summed E-state index contributed by atoms with van der Waals surface area (Å²) in [5.74, 6) is -2.02. The standard InChI is InChI=1S/C22H26N4O5/c27-18-9-8-17(19(28)24-18)26-20(29)15-7-6-14(13-16(15)21(26)30)5-4-10-23-22(31)25-11-2-1-3-12-25/h6-7,13,17H,1-5,8-12H2,(H,23,31)(H,24,27,28). The van der Waals surface area contributed by atoms with Crippen LogP contribution in [0.3, 0.4) is 0 Å². The van der Waals surface area contributed by atoms with Crippen LogP contribution in [0, 0.1) is 0 Å². The molecule has 2 N–H and O–H groups in total. The second kappa shape index (κ2) is 8.87. The number of imide groups is 2. The van der Waals surface area contributed by atoms with Gasteiger partial charge in [-0.3, -0.25) is 29.4 Å². The van der Waals surface area contributed by atoms with Crippen LogP contribution < -0.4 is 10.6 Å². The number of piperidine rings is 2.